The van der Waals surface area contributed by atoms with E-state index < -0.39 is 5.91 Å². The molecule has 0 spiro atoms. The highest BCUT2D eigenvalue weighted by molar-refractivity contribution is 5.92. The minimum atomic E-state index is -0.409. The molecule has 0 unspecified atom stereocenters. The summed E-state index contributed by atoms with van der Waals surface area (Å²) in [7, 11) is 3.46. The maximum atomic E-state index is 10.7. The Morgan fingerprint density at radius 2 is 2.42 bits per heavy atom. The number of hydrogen-bond donors (Lipinski definition) is 1. The van der Waals surface area contributed by atoms with E-state index in [2.05, 4.69) is 0 Å². The van der Waals surface area contributed by atoms with Crippen molar-refractivity contribution in [3.63, 3.8) is 0 Å². The molecule has 0 aromatic carbocycles. The molecule has 1 rings (SSSR count). The lowest BCUT2D eigenvalue weighted by Crippen LogP contribution is -2.09. The summed E-state index contributed by atoms with van der Waals surface area (Å²) in [5, 5.41) is 0. The Bertz CT molecular complexity index is 291. The third-order valence-electron chi connectivity index (χ3n) is 1.68. The predicted molar refractivity (Wildman–Crippen MR) is 44.6 cm³/mol. The monoisotopic (exact) mass is 168 g/mol. The number of carbonyl (C=O) groups excluding carboxylic acids is 1. The molecular formula is C8H12N2O2. The van der Waals surface area contributed by atoms with Crippen LogP contribution < -0.4 is 5.73 Å². The van der Waals surface area contributed by atoms with Crippen molar-refractivity contribution >= 4 is 5.91 Å². The average Bonchev–Trinajstić information content (AvgIpc) is 2.34. The second-order valence-corrected chi connectivity index (χ2v) is 2.63. The number of carbonyl (C=O) groups is 1. The lowest BCUT2D eigenvalue weighted by atomic mass is 10.3. The van der Waals surface area contributed by atoms with E-state index >= 15 is 0 Å². The molecular weight excluding hydrogens is 156 g/mol. The SMILES string of the molecule is COCc1cc(C(N)=O)cn1C. The summed E-state index contributed by atoms with van der Waals surface area (Å²) in [6.07, 6.45) is 1.69. The second kappa shape index (κ2) is 3.40. The number of primary amides is 1. The van der Waals surface area contributed by atoms with Crippen LogP contribution in [0.2, 0.25) is 0 Å². The van der Waals surface area contributed by atoms with Crippen LogP contribution in [0.25, 0.3) is 0 Å². The molecule has 12 heavy (non-hydrogen) atoms. The summed E-state index contributed by atoms with van der Waals surface area (Å²) in [5.74, 6) is -0.409. The number of methoxy groups -OCH3 is 1. The van der Waals surface area contributed by atoms with Gasteiger partial charge in [0.1, 0.15) is 0 Å². The van der Waals surface area contributed by atoms with Gasteiger partial charge in [0.15, 0.2) is 0 Å². The Kier molecular flexibility index (Phi) is 2.50. The molecule has 0 aliphatic heterocycles. The van der Waals surface area contributed by atoms with Crippen molar-refractivity contribution in [2.24, 2.45) is 12.8 Å². The zero-order valence-corrected chi connectivity index (χ0v) is 7.20. The van der Waals surface area contributed by atoms with E-state index in [4.69, 9.17) is 10.5 Å². The minimum Gasteiger partial charge on any atom is -0.378 e. The summed E-state index contributed by atoms with van der Waals surface area (Å²) in [6, 6.07) is 1.73. The largest absolute Gasteiger partial charge is 0.378 e. The number of amides is 1. The van der Waals surface area contributed by atoms with E-state index in [1.165, 1.54) is 0 Å². The van der Waals surface area contributed by atoms with Crippen molar-refractivity contribution in [1.82, 2.24) is 4.57 Å². The molecule has 2 N–H and O–H groups in total. The van der Waals surface area contributed by atoms with Gasteiger partial charge in [0.05, 0.1) is 12.2 Å². The van der Waals surface area contributed by atoms with Crippen LogP contribution in [0.5, 0.6) is 0 Å². The van der Waals surface area contributed by atoms with Gasteiger partial charge in [-0.3, -0.25) is 4.79 Å². The summed E-state index contributed by atoms with van der Waals surface area (Å²) in [5.41, 5.74) is 6.55. The van der Waals surface area contributed by atoms with Crippen LogP contribution in [0.15, 0.2) is 12.3 Å². The highest BCUT2D eigenvalue weighted by atomic mass is 16.5. The molecule has 0 saturated heterocycles. The van der Waals surface area contributed by atoms with Gasteiger partial charge in [-0.05, 0) is 6.07 Å². The number of hydrogen-bond acceptors (Lipinski definition) is 2. The molecule has 0 saturated carbocycles. The Morgan fingerprint density at radius 1 is 1.75 bits per heavy atom. The summed E-state index contributed by atoms with van der Waals surface area (Å²) in [6.45, 7) is 0.490. The van der Waals surface area contributed by atoms with Crippen molar-refractivity contribution in [3.05, 3.63) is 23.5 Å². The molecule has 0 aliphatic carbocycles. The molecule has 0 aliphatic rings. The van der Waals surface area contributed by atoms with Crippen molar-refractivity contribution < 1.29 is 9.53 Å². The van der Waals surface area contributed by atoms with E-state index in [1.54, 1.807) is 19.4 Å². The fourth-order valence-electron chi connectivity index (χ4n) is 1.04. The van der Waals surface area contributed by atoms with E-state index in [9.17, 15) is 4.79 Å². The third-order valence-corrected chi connectivity index (χ3v) is 1.68. The normalized spacial score (nSPS) is 10.2. The van der Waals surface area contributed by atoms with Gasteiger partial charge in [0, 0.05) is 26.0 Å². The molecule has 1 aromatic heterocycles. The van der Waals surface area contributed by atoms with Crippen LogP contribution in [-0.4, -0.2) is 17.6 Å². The molecule has 0 radical (unpaired) electrons. The van der Waals surface area contributed by atoms with Crippen LogP contribution in [0.3, 0.4) is 0 Å². The van der Waals surface area contributed by atoms with Gasteiger partial charge < -0.3 is 15.0 Å². The molecule has 4 heteroatoms. The predicted octanol–water partition coefficient (Wildman–Crippen LogP) is 0.270. The number of nitrogens with zero attached hydrogens (tertiary/aromatic N) is 1. The minimum absolute atomic E-state index is 0.409. The van der Waals surface area contributed by atoms with Crippen molar-refractivity contribution in [2.45, 2.75) is 6.61 Å². The van der Waals surface area contributed by atoms with Gasteiger partial charge in [-0.15, -0.1) is 0 Å². The van der Waals surface area contributed by atoms with E-state index in [0.717, 1.165) is 5.69 Å². The van der Waals surface area contributed by atoms with Gasteiger partial charge in [-0.2, -0.15) is 0 Å². The Labute approximate surface area is 70.9 Å². The average molecular weight is 168 g/mol. The lowest BCUT2D eigenvalue weighted by molar-refractivity contribution is 0.1000. The Hall–Kier alpha value is -1.29. The first-order valence-electron chi connectivity index (χ1n) is 3.59. The maximum absolute atomic E-state index is 10.7. The van der Waals surface area contributed by atoms with Gasteiger partial charge in [0.25, 0.3) is 0 Å². The molecule has 1 heterocycles. The molecule has 0 bridgehead atoms. The zero-order chi connectivity index (χ0) is 9.14. The Balaban J connectivity index is 2.92. The van der Waals surface area contributed by atoms with E-state index in [-0.39, 0.29) is 0 Å². The zero-order valence-electron chi connectivity index (χ0n) is 7.20. The van der Waals surface area contributed by atoms with Gasteiger partial charge in [0.2, 0.25) is 5.91 Å². The smallest absolute Gasteiger partial charge is 0.250 e. The topological polar surface area (TPSA) is 57.2 Å². The number of nitrogens with two attached hydrogens (primary N) is 1. The first kappa shape index (κ1) is 8.80. The molecule has 0 atom stereocenters. The van der Waals surface area contributed by atoms with Crippen LogP contribution in [-0.2, 0) is 18.4 Å². The highest BCUT2D eigenvalue weighted by Gasteiger charge is 2.06. The van der Waals surface area contributed by atoms with Gasteiger partial charge >= 0.3 is 0 Å². The quantitative estimate of drug-likeness (QED) is 0.704. The van der Waals surface area contributed by atoms with Gasteiger partial charge in [-0.25, -0.2) is 0 Å². The third kappa shape index (κ3) is 1.65. The first-order chi connectivity index (χ1) is 5.65. The van der Waals surface area contributed by atoms with Crippen molar-refractivity contribution in [3.8, 4) is 0 Å². The van der Waals surface area contributed by atoms with Gasteiger partial charge in [-0.1, -0.05) is 0 Å². The van der Waals surface area contributed by atoms with E-state index in [0.29, 0.717) is 12.2 Å². The standard InChI is InChI=1S/C8H12N2O2/c1-10-4-6(8(9)11)3-7(10)5-12-2/h3-4H,5H2,1-2H3,(H2,9,11). The first-order valence-corrected chi connectivity index (χ1v) is 3.59. The molecule has 1 amide bonds. The molecule has 0 fully saturated rings. The summed E-state index contributed by atoms with van der Waals surface area (Å²) < 4.78 is 6.75. The number of aromatic nitrogens is 1. The molecule has 1 aromatic rings. The van der Waals surface area contributed by atoms with Crippen molar-refractivity contribution in [2.75, 3.05) is 7.11 Å². The number of ether oxygens (including phenoxy) is 1. The van der Waals surface area contributed by atoms with E-state index in [1.807, 2.05) is 11.6 Å². The summed E-state index contributed by atoms with van der Waals surface area (Å²) in [4.78, 5) is 10.7. The molecule has 66 valence electrons. The molecule has 4 nitrogen and oxygen atoms in total. The fourth-order valence-corrected chi connectivity index (χ4v) is 1.04. The maximum Gasteiger partial charge on any atom is 0.250 e. The van der Waals surface area contributed by atoms with Crippen LogP contribution in [0.1, 0.15) is 16.1 Å². The van der Waals surface area contributed by atoms with Crippen LogP contribution in [0, 0.1) is 0 Å². The highest BCUT2D eigenvalue weighted by Crippen LogP contribution is 2.07. The summed E-state index contributed by atoms with van der Waals surface area (Å²) >= 11 is 0. The second-order valence-electron chi connectivity index (χ2n) is 2.63. The fraction of sp³-hybridized carbons (Fsp3) is 0.375. The number of rotatable bonds is 3. The lowest BCUT2D eigenvalue weighted by Gasteiger charge is -1.98. The van der Waals surface area contributed by atoms with Crippen LogP contribution in [0.4, 0.5) is 0 Å². The van der Waals surface area contributed by atoms with Crippen molar-refractivity contribution in [1.29, 1.82) is 0 Å². The number of aryl methyl sites for hydroxylation is 1. The van der Waals surface area contributed by atoms with Crippen LogP contribution >= 0.6 is 0 Å². The Morgan fingerprint density at radius 3 is 2.83 bits per heavy atom.